The topological polar surface area (TPSA) is 60.2 Å². The summed E-state index contributed by atoms with van der Waals surface area (Å²) in [7, 11) is 0. The number of hydrogen-bond donors (Lipinski definition) is 1. The van der Waals surface area contributed by atoms with Crippen LogP contribution in [0.2, 0.25) is 0 Å². The quantitative estimate of drug-likeness (QED) is 0.781. The third-order valence-electron chi connectivity index (χ3n) is 2.12. The van der Waals surface area contributed by atoms with Gasteiger partial charge in [0.15, 0.2) is 5.82 Å². The minimum Gasteiger partial charge on any atom is -0.371 e. The number of aromatic nitrogens is 2. The van der Waals surface area contributed by atoms with Gasteiger partial charge >= 0.3 is 0 Å². The molecule has 1 aromatic rings. The Hall–Kier alpha value is -0.940. The Morgan fingerprint density at radius 2 is 2.13 bits per heavy atom. The van der Waals surface area contributed by atoms with Gasteiger partial charge < -0.3 is 14.6 Å². The highest BCUT2D eigenvalue weighted by Crippen LogP contribution is 2.16. The van der Waals surface area contributed by atoms with E-state index in [1.54, 1.807) is 0 Å². The first-order chi connectivity index (χ1) is 7.19. The fourth-order valence-corrected chi connectivity index (χ4v) is 1.31. The number of ether oxygens (including phenoxy) is 1. The van der Waals surface area contributed by atoms with Gasteiger partial charge in [-0.05, 0) is 27.3 Å². The summed E-state index contributed by atoms with van der Waals surface area (Å²) in [6.07, 6.45) is -0.110. The minimum atomic E-state index is -0.110. The number of rotatable bonds is 6. The maximum atomic E-state index is 5.38. The summed E-state index contributed by atoms with van der Waals surface area (Å²) in [5, 5.41) is 7.10. The van der Waals surface area contributed by atoms with Crippen LogP contribution in [0.1, 0.15) is 51.6 Å². The van der Waals surface area contributed by atoms with Gasteiger partial charge in [-0.3, -0.25) is 0 Å². The number of nitrogens with one attached hydrogen (secondary N) is 1. The van der Waals surface area contributed by atoms with Crippen molar-refractivity contribution in [2.24, 2.45) is 0 Å². The number of hydrogen-bond acceptors (Lipinski definition) is 5. The lowest BCUT2D eigenvalue weighted by atomic mass is 10.3. The van der Waals surface area contributed by atoms with Crippen molar-refractivity contribution in [3.8, 4) is 0 Å². The molecule has 0 fully saturated rings. The van der Waals surface area contributed by atoms with Crippen LogP contribution in [0.5, 0.6) is 0 Å². The van der Waals surface area contributed by atoms with Crippen LogP contribution in [0, 0.1) is 0 Å². The van der Waals surface area contributed by atoms with Gasteiger partial charge in [0, 0.05) is 6.61 Å². The van der Waals surface area contributed by atoms with E-state index < -0.39 is 0 Å². The predicted octanol–water partition coefficient (Wildman–Crippen LogP) is 1.84. The smallest absolute Gasteiger partial charge is 0.243 e. The molecule has 2 unspecified atom stereocenters. The molecule has 0 aliphatic rings. The van der Waals surface area contributed by atoms with Gasteiger partial charge in [-0.15, -0.1) is 0 Å². The first-order valence-electron chi connectivity index (χ1n) is 5.37. The van der Waals surface area contributed by atoms with E-state index in [-0.39, 0.29) is 12.1 Å². The molecule has 86 valence electrons. The zero-order valence-corrected chi connectivity index (χ0v) is 9.78. The lowest BCUT2D eigenvalue weighted by molar-refractivity contribution is 0.0683. The second-order valence-corrected chi connectivity index (χ2v) is 3.37. The van der Waals surface area contributed by atoms with Crippen LogP contribution < -0.4 is 5.32 Å². The molecule has 2 atom stereocenters. The lowest BCUT2D eigenvalue weighted by Crippen LogP contribution is -2.18. The average molecular weight is 213 g/mol. The molecule has 0 aromatic carbocycles. The maximum absolute atomic E-state index is 5.38. The molecule has 0 aliphatic heterocycles. The van der Waals surface area contributed by atoms with E-state index in [4.69, 9.17) is 9.26 Å². The van der Waals surface area contributed by atoms with Gasteiger partial charge in [-0.2, -0.15) is 4.98 Å². The zero-order chi connectivity index (χ0) is 11.3. The first kappa shape index (κ1) is 12.1. The molecule has 0 spiro atoms. The minimum absolute atomic E-state index is 0.0880. The van der Waals surface area contributed by atoms with E-state index in [0.29, 0.717) is 18.3 Å². The van der Waals surface area contributed by atoms with Crippen LogP contribution in [-0.2, 0) is 4.74 Å². The van der Waals surface area contributed by atoms with Crippen molar-refractivity contribution < 1.29 is 9.26 Å². The molecule has 1 rings (SSSR count). The second kappa shape index (κ2) is 5.82. The molecule has 0 bridgehead atoms. The third kappa shape index (κ3) is 3.28. The fraction of sp³-hybridized carbons (Fsp3) is 0.800. The van der Waals surface area contributed by atoms with Gasteiger partial charge in [0.2, 0.25) is 5.89 Å². The summed E-state index contributed by atoms with van der Waals surface area (Å²) in [4.78, 5) is 4.28. The normalized spacial score (nSPS) is 15.2. The monoisotopic (exact) mass is 213 g/mol. The summed E-state index contributed by atoms with van der Waals surface area (Å²) < 4.78 is 10.5. The van der Waals surface area contributed by atoms with E-state index in [1.807, 2.05) is 27.7 Å². The summed E-state index contributed by atoms with van der Waals surface area (Å²) in [6.45, 7) is 9.41. The van der Waals surface area contributed by atoms with Gasteiger partial charge in [-0.25, -0.2) is 0 Å². The average Bonchev–Trinajstić information content (AvgIpc) is 2.67. The van der Waals surface area contributed by atoms with Crippen molar-refractivity contribution in [3.63, 3.8) is 0 Å². The maximum Gasteiger partial charge on any atom is 0.243 e. The molecule has 15 heavy (non-hydrogen) atoms. The van der Waals surface area contributed by atoms with E-state index in [2.05, 4.69) is 15.5 Å². The molecule has 1 N–H and O–H groups in total. The Kier molecular flexibility index (Phi) is 4.71. The molecule has 0 aliphatic carbocycles. The zero-order valence-electron chi connectivity index (χ0n) is 9.78. The van der Waals surface area contributed by atoms with Crippen molar-refractivity contribution in [2.75, 3.05) is 13.2 Å². The van der Waals surface area contributed by atoms with Crippen molar-refractivity contribution in [1.29, 1.82) is 0 Å². The van der Waals surface area contributed by atoms with Crippen LogP contribution in [0.15, 0.2) is 4.52 Å². The molecule has 0 radical (unpaired) electrons. The second-order valence-electron chi connectivity index (χ2n) is 3.37. The number of nitrogens with zero attached hydrogens (tertiary/aromatic N) is 2. The van der Waals surface area contributed by atoms with Crippen LogP contribution >= 0.6 is 0 Å². The SMILES string of the molecule is CCNC(C)c1nc(C(C)OCC)no1. The predicted molar refractivity (Wildman–Crippen MR) is 56.4 cm³/mol. The highest BCUT2D eigenvalue weighted by atomic mass is 16.5. The highest BCUT2D eigenvalue weighted by molar-refractivity contribution is 4.93. The molecule has 0 saturated heterocycles. The summed E-state index contributed by atoms with van der Waals surface area (Å²) in [5.41, 5.74) is 0. The van der Waals surface area contributed by atoms with Crippen LogP contribution in [0.4, 0.5) is 0 Å². The van der Waals surface area contributed by atoms with E-state index in [9.17, 15) is 0 Å². The summed E-state index contributed by atoms with van der Waals surface area (Å²) >= 11 is 0. The highest BCUT2D eigenvalue weighted by Gasteiger charge is 2.16. The largest absolute Gasteiger partial charge is 0.371 e. The van der Waals surface area contributed by atoms with E-state index >= 15 is 0 Å². The van der Waals surface area contributed by atoms with Crippen LogP contribution in [-0.4, -0.2) is 23.3 Å². The third-order valence-corrected chi connectivity index (χ3v) is 2.12. The van der Waals surface area contributed by atoms with Crippen LogP contribution in [0.25, 0.3) is 0 Å². The molecule has 5 heteroatoms. The fourth-order valence-electron chi connectivity index (χ4n) is 1.31. The van der Waals surface area contributed by atoms with E-state index in [0.717, 1.165) is 6.54 Å². The Morgan fingerprint density at radius 3 is 2.73 bits per heavy atom. The van der Waals surface area contributed by atoms with Crippen molar-refractivity contribution in [3.05, 3.63) is 11.7 Å². The van der Waals surface area contributed by atoms with Gasteiger partial charge in [0.05, 0.1) is 6.04 Å². The van der Waals surface area contributed by atoms with Gasteiger partial charge in [0.1, 0.15) is 6.10 Å². The lowest BCUT2D eigenvalue weighted by Gasteiger charge is -2.06. The Morgan fingerprint density at radius 1 is 1.40 bits per heavy atom. The van der Waals surface area contributed by atoms with Crippen molar-refractivity contribution in [1.82, 2.24) is 15.5 Å². The Balaban J connectivity index is 2.62. The molecular formula is C10H19N3O2. The van der Waals surface area contributed by atoms with Crippen molar-refractivity contribution in [2.45, 2.75) is 39.8 Å². The molecular weight excluding hydrogens is 194 g/mol. The molecule has 0 amide bonds. The molecule has 5 nitrogen and oxygen atoms in total. The first-order valence-corrected chi connectivity index (χ1v) is 5.37. The molecule has 0 saturated carbocycles. The summed E-state index contributed by atoms with van der Waals surface area (Å²) in [5.74, 6) is 1.22. The van der Waals surface area contributed by atoms with Gasteiger partial charge in [0.25, 0.3) is 0 Å². The Labute approximate surface area is 90.2 Å². The van der Waals surface area contributed by atoms with Crippen molar-refractivity contribution >= 4 is 0 Å². The standard InChI is InChI=1S/C10H19N3O2/c1-5-11-7(3)10-12-9(13-15-10)8(4)14-6-2/h7-8,11H,5-6H2,1-4H3. The molecule has 1 heterocycles. The summed E-state index contributed by atoms with van der Waals surface area (Å²) in [6, 6.07) is 0.0880. The van der Waals surface area contributed by atoms with E-state index in [1.165, 1.54) is 0 Å². The van der Waals surface area contributed by atoms with Crippen LogP contribution in [0.3, 0.4) is 0 Å². The van der Waals surface area contributed by atoms with Gasteiger partial charge in [-0.1, -0.05) is 12.1 Å². The molecule has 1 aromatic heterocycles. The Bertz CT molecular complexity index is 261.